The maximum Gasteiger partial charge on any atom is 0.231 e. The van der Waals surface area contributed by atoms with E-state index in [1.54, 1.807) is 0 Å². The molecule has 104 valence electrons. The Labute approximate surface area is 113 Å². The number of ether oxygens (including phenoxy) is 2. The van der Waals surface area contributed by atoms with Gasteiger partial charge in [0.25, 0.3) is 0 Å². The van der Waals surface area contributed by atoms with Crippen LogP contribution in [-0.4, -0.2) is 24.5 Å². The molecular formula is C15H21NO3. The van der Waals surface area contributed by atoms with Gasteiger partial charge in [0.1, 0.15) is 0 Å². The smallest absolute Gasteiger partial charge is 0.231 e. The first-order chi connectivity index (χ1) is 9.33. The molecule has 0 radical (unpaired) electrons. The second-order valence-corrected chi connectivity index (χ2v) is 5.47. The van der Waals surface area contributed by atoms with Crippen LogP contribution in [-0.2, 0) is 6.54 Å². The van der Waals surface area contributed by atoms with Gasteiger partial charge in [-0.1, -0.05) is 18.6 Å². The van der Waals surface area contributed by atoms with Crippen LogP contribution >= 0.6 is 0 Å². The molecule has 2 atom stereocenters. The molecule has 2 N–H and O–H groups in total. The lowest BCUT2D eigenvalue weighted by atomic mass is 9.87. The molecule has 19 heavy (non-hydrogen) atoms. The van der Waals surface area contributed by atoms with Gasteiger partial charge in [0, 0.05) is 12.1 Å². The Morgan fingerprint density at radius 1 is 1.26 bits per heavy atom. The third-order valence-electron chi connectivity index (χ3n) is 3.98. The maximum absolute atomic E-state index is 9.66. The van der Waals surface area contributed by atoms with Crippen LogP contribution < -0.4 is 14.8 Å². The maximum atomic E-state index is 9.66. The number of aliphatic hydroxyl groups is 1. The number of nitrogens with one attached hydrogen (secondary N) is 1. The Hall–Kier alpha value is -1.26. The predicted molar refractivity (Wildman–Crippen MR) is 72.2 cm³/mol. The van der Waals surface area contributed by atoms with Crippen molar-refractivity contribution in [3.63, 3.8) is 0 Å². The summed E-state index contributed by atoms with van der Waals surface area (Å²) in [7, 11) is 0. The summed E-state index contributed by atoms with van der Waals surface area (Å²) in [6.45, 7) is 2.07. The Bertz CT molecular complexity index is 435. The van der Waals surface area contributed by atoms with E-state index in [0.717, 1.165) is 49.4 Å². The van der Waals surface area contributed by atoms with Crippen molar-refractivity contribution in [3.05, 3.63) is 23.8 Å². The first-order valence-electron chi connectivity index (χ1n) is 7.09. The van der Waals surface area contributed by atoms with Gasteiger partial charge in [-0.2, -0.15) is 0 Å². The summed E-state index contributed by atoms with van der Waals surface area (Å²) in [6.07, 6.45) is 4.16. The minimum absolute atomic E-state index is 0.0988. The van der Waals surface area contributed by atoms with Gasteiger partial charge in [0.05, 0.1) is 6.10 Å². The van der Waals surface area contributed by atoms with E-state index in [-0.39, 0.29) is 6.10 Å². The number of hydrogen-bond acceptors (Lipinski definition) is 4. The zero-order valence-corrected chi connectivity index (χ0v) is 11.1. The number of aliphatic hydroxyl groups excluding tert-OH is 1. The molecule has 0 aromatic heterocycles. The molecule has 1 heterocycles. The summed E-state index contributed by atoms with van der Waals surface area (Å²) in [4.78, 5) is 0. The molecule has 2 unspecified atom stereocenters. The van der Waals surface area contributed by atoms with Crippen LogP contribution in [0.25, 0.3) is 0 Å². The lowest BCUT2D eigenvalue weighted by Crippen LogP contribution is -2.28. The Morgan fingerprint density at radius 3 is 3.11 bits per heavy atom. The van der Waals surface area contributed by atoms with Crippen LogP contribution in [0.5, 0.6) is 11.5 Å². The van der Waals surface area contributed by atoms with Crippen LogP contribution in [0.1, 0.15) is 31.2 Å². The molecule has 0 saturated heterocycles. The first kappa shape index (κ1) is 12.8. The molecule has 0 spiro atoms. The van der Waals surface area contributed by atoms with Crippen molar-refractivity contribution in [3.8, 4) is 11.5 Å². The lowest BCUT2D eigenvalue weighted by molar-refractivity contribution is 0.100. The Kier molecular flexibility index (Phi) is 3.89. The van der Waals surface area contributed by atoms with Crippen LogP contribution in [0.4, 0.5) is 0 Å². The molecule has 1 aromatic carbocycles. The van der Waals surface area contributed by atoms with Gasteiger partial charge < -0.3 is 19.9 Å². The molecular weight excluding hydrogens is 242 g/mol. The van der Waals surface area contributed by atoms with Crippen LogP contribution in [0.15, 0.2) is 18.2 Å². The average molecular weight is 263 g/mol. The lowest BCUT2D eigenvalue weighted by Gasteiger charge is -2.26. The van der Waals surface area contributed by atoms with E-state index in [0.29, 0.717) is 12.7 Å². The zero-order chi connectivity index (χ0) is 13.1. The van der Waals surface area contributed by atoms with E-state index >= 15 is 0 Å². The summed E-state index contributed by atoms with van der Waals surface area (Å²) in [5.74, 6) is 2.31. The highest BCUT2D eigenvalue weighted by Gasteiger charge is 2.20. The van der Waals surface area contributed by atoms with Gasteiger partial charge in [-0.15, -0.1) is 0 Å². The molecule has 4 nitrogen and oxygen atoms in total. The summed E-state index contributed by atoms with van der Waals surface area (Å²) in [5, 5.41) is 13.1. The number of rotatable bonds is 4. The number of para-hydroxylation sites is 1. The highest BCUT2D eigenvalue weighted by atomic mass is 16.7. The minimum Gasteiger partial charge on any atom is -0.454 e. The van der Waals surface area contributed by atoms with E-state index in [1.165, 1.54) is 6.42 Å². The summed E-state index contributed by atoms with van der Waals surface area (Å²) < 4.78 is 10.9. The number of fused-ring (bicyclic) bond motifs is 1. The Morgan fingerprint density at radius 2 is 2.21 bits per heavy atom. The summed E-state index contributed by atoms with van der Waals surface area (Å²) in [5.41, 5.74) is 1.14. The molecule has 0 amide bonds. The number of hydrogen-bond donors (Lipinski definition) is 2. The van der Waals surface area contributed by atoms with E-state index < -0.39 is 0 Å². The molecule has 1 aliphatic heterocycles. The fourth-order valence-electron chi connectivity index (χ4n) is 2.99. The van der Waals surface area contributed by atoms with Gasteiger partial charge in [-0.05, 0) is 37.8 Å². The van der Waals surface area contributed by atoms with Crippen molar-refractivity contribution in [2.24, 2.45) is 5.92 Å². The quantitative estimate of drug-likeness (QED) is 0.873. The van der Waals surface area contributed by atoms with Crippen LogP contribution in [0.2, 0.25) is 0 Å². The van der Waals surface area contributed by atoms with Crippen molar-refractivity contribution in [2.75, 3.05) is 13.3 Å². The molecule has 1 aliphatic carbocycles. The van der Waals surface area contributed by atoms with Crippen molar-refractivity contribution >= 4 is 0 Å². The second kappa shape index (κ2) is 5.80. The van der Waals surface area contributed by atoms with Crippen LogP contribution in [0, 0.1) is 5.92 Å². The summed E-state index contributed by atoms with van der Waals surface area (Å²) in [6, 6.07) is 5.99. The largest absolute Gasteiger partial charge is 0.454 e. The van der Waals surface area contributed by atoms with E-state index in [2.05, 4.69) is 11.4 Å². The van der Waals surface area contributed by atoms with E-state index in [1.807, 2.05) is 12.1 Å². The highest BCUT2D eigenvalue weighted by Crippen LogP contribution is 2.35. The number of benzene rings is 1. The molecule has 2 aliphatic rings. The third kappa shape index (κ3) is 3.01. The molecule has 1 aromatic rings. The minimum atomic E-state index is -0.0988. The third-order valence-corrected chi connectivity index (χ3v) is 3.98. The normalized spacial score (nSPS) is 25.5. The fourth-order valence-corrected chi connectivity index (χ4v) is 2.99. The van der Waals surface area contributed by atoms with Crippen molar-refractivity contribution in [1.29, 1.82) is 0 Å². The van der Waals surface area contributed by atoms with Crippen molar-refractivity contribution < 1.29 is 14.6 Å². The molecule has 3 rings (SSSR count). The van der Waals surface area contributed by atoms with Crippen molar-refractivity contribution in [2.45, 2.75) is 38.3 Å². The van der Waals surface area contributed by atoms with E-state index in [4.69, 9.17) is 9.47 Å². The van der Waals surface area contributed by atoms with Gasteiger partial charge in [0.15, 0.2) is 11.5 Å². The molecule has 0 bridgehead atoms. The van der Waals surface area contributed by atoms with E-state index in [9.17, 15) is 5.11 Å². The molecule has 1 saturated carbocycles. The topological polar surface area (TPSA) is 50.7 Å². The molecule has 1 fully saturated rings. The highest BCUT2D eigenvalue weighted by molar-refractivity contribution is 5.48. The second-order valence-electron chi connectivity index (χ2n) is 5.47. The van der Waals surface area contributed by atoms with Gasteiger partial charge in [-0.25, -0.2) is 0 Å². The van der Waals surface area contributed by atoms with Crippen molar-refractivity contribution in [1.82, 2.24) is 5.32 Å². The average Bonchev–Trinajstić information content (AvgIpc) is 2.88. The Balaban J connectivity index is 1.51. The standard InChI is InChI=1S/C15H21NO3/c17-13-5-1-3-11(7-13)8-16-9-12-4-2-6-14-15(12)19-10-18-14/h2,4,6,11,13,16-17H,1,3,5,7-10H2. The van der Waals surface area contributed by atoms with Gasteiger partial charge >= 0.3 is 0 Å². The summed E-state index contributed by atoms with van der Waals surface area (Å²) >= 11 is 0. The monoisotopic (exact) mass is 263 g/mol. The van der Waals surface area contributed by atoms with Crippen LogP contribution in [0.3, 0.4) is 0 Å². The SMILES string of the molecule is OC1CCCC(CNCc2cccc3c2OCO3)C1. The fraction of sp³-hybridized carbons (Fsp3) is 0.600. The van der Waals surface area contributed by atoms with Gasteiger partial charge in [0.2, 0.25) is 6.79 Å². The predicted octanol–water partition coefficient (Wildman–Crippen LogP) is 2.06. The van der Waals surface area contributed by atoms with Gasteiger partial charge in [-0.3, -0.25) is 0 Å². The zero-order valence-electron chi connectivity index (χ0n) is 11.1. The first-order valence-corrected chi connectivity index (χ1v) is 7.09. The molecule has 4 heteroatoms.